The zero-order valence-corrected chi connectivity index (χ0v) is 17.0. The topological polar surface area (TPSA) is 64.9 Å². The summed E-state index contributed by atoms with van der Waals surface area (Å²) in [6.45, 7) is 8.59. The van der Waals surface area contributed by atoms with Gasteiger partial charge in [0.2, 0.25) is 5.91 Å². The Bertz CT molecular complexity index is 752. The Labute approximate surface area is 164 Å². The van der Waals surface area contributed by atoms with E-state index in [9.17, 15) is 4.79 Å². The number of benzene rings is 1. The maximum Gasteiger partial charge on any atom is 0.226 e. The number of hydrogen-bond acceptors (Lipinski definition) is 5. The van der Waals surface area contributed by atoms with Crippen LogP contribution < -0.4 is 15.0 Å². The van der Waals surface area contributed by atoms with E-state index >= 15 is 0 Å². The second-order valence-corrected chi connectivity index (χ2v) is 8.28. The molecule has 0 aliphatic carbocycles. The fourth-order valence-corrected chi connectivity index (χ4v) is 4.05. The van der Waals surface area contributed by atoms with E-state index in [-0.39, 0.29) is 11.4 Å². The number of carbonyl (C=O) groups excluding carboxylic acids is 1. The van der Waals surface area contributed by atoms with Crippen LogP contribution in [0.1, 0.15) is 19.5 Å². The number of carbonyl (C=O) groups is 1. The molecule has 0 unspecified atom stereocenters. The number of rotatable bonds is 7. The number of nitrogens with zero attached hydrogens (tertiary/aromatic N) is 1. The summed E-state index contributed by atoms with van der Waals surface area (Å²) in [4.78, 5) is 18.5. The standard InChI is InChI=1S/C20H27N3O3S/c1-20(2,23-8-10-26-11-9-23)14-21-18(24)12-16-13-27-19(22-16)15-4-6-17(25-3)7-5-15/h4-7,13H,8-12,14H2,1-3H3,(H,21,24)/p+1. The van der Waals surface area contributed by atoms with Crippen molar-refractivity contribution < 1.29 is 19.2 Å². The van der Waals surface area contributed by atoms with Crippen molar-refractivity contribution in [2.24, 2.45) is 0 Å². The number of quaternary nitrogens is 1. The summed E-state index contributed by atoms with van der Waals surface area (Å²) in [6.07, 6.45) is 0.307. The molecule has 0 radical (unpaired) electrons. The molecule has 1 aliphatic heterocycles. The molecule has 1 aromatic carbocycles. The molecule has 7 heteroatoms. The highest BCUT2D eigenvalue weighted by Gasteiger charge is 2.32. The summed E-state index contributed by atoms with van der Waals surface area (Å²) in [5.41, 5.74) is 1.83. The molecule has 1 saturated heterocycles. The van der Waals surface area contributed by atoms with Crippen LogP contribution in [-0.4, -0.2) is 56.4 Å². The van der Waals surface area contributed by atoms with Gasteiger partial charge in [-0.2, -0.15) is 0 Å². The zero-order chi connectivity index (χ0) is 19.3. The van der Waals surface area contributed by atoms with Crippen LogP contribution in [0.4, 0.5) is 0 Å². The van der Waals surface area contributed by atoms with Crippen molar-refractivity contribution in [3.8, 4) is 16.3 Å². The molecule has 1 amide bonds. The molecular formula is C20H28N3O3S+. The quantitative estimate of drug-likeness (QED) is 0.745. The summed E-state index contributed by atoms with van der Waals surface area (Å²) in [5.74, 6) is 0.835. The predicted molar refractivity (Wildman–Crippen MR) is 106 cm³/mol. The first-order chi connectivity index (χ1) is 13.0. The van der Waals surface area contributed by atoms with Gasteiger partial charge in [-0.1, -0.05) is 0 Å². The van der Waals surface area contributed by atoms with Gasteiger partial charge in [-0.15, -0.1) is 11.3 Å². The smallest absolute Gasteiger partial charge is 0.226 e. The second-order valence-electron chi connectivity index (χ2n) is 7.43. The Morgan fingerprint density at radius 1 is 1.30 bits per heavy atom. The van der Waals surface area contributed by atoms with E-state index in [0.29, 0.717) is 13.0 Å². The van der Waals surface area contributed by atoms with Gasteiger partial charge in [0, 0.05) is 10.9 Å². The average Bonchev–Trinajstić information content (AvgIpc) is 3.15. The summed E-state index contributed by atoms with van der Waals surface area (Å²) in [7, 11) is 1.65. The summed E-state index contributed by atoms with van der Waals surface area (Å²) < 4.78 is 10.6. The van der Waals surface area contributed by atoms with E-state index in [0.717, 1.165) is 48.3 Å². The molecule has 0 spiro atoms. The molecule has 0 saturated carbocycles. The summed E-state index contributed by atoms with van der Waals surface area (Å²) >= 11 is 1.55. The molecule has 0 bridgehead atoms. The summed E-state index contributed by atoms with van der Waals surface area (Å²) in [5, 5.41) is 5.95. The number of hydrogen-bond donors (Lipinski definition) is 2. The molecule has 2 aromatic rings. The van der Waals surface area contributed by atoms with Gasteiger partial charge in [0.25, 0.3) is 0 Å². The van der Waals surface area contributed by atoms with E-state index in [2.05, 4.69) is 24.1 Å². The van der Waals surface area contributed by atoms with Gasteiger partial charge in [0.15, 0.2) is 0 Å². The van der Waals surface area contributed by atoms with Gasteiger partial charge >= 0.3 is 0 Å². The van der Waals surface area contributed by atoms with Crippen LogP contribution in [0.25, 0.3) is 10.6 Å². The van der Waals surface area contributed by atoms with Crippen LogP contribution in [0.2, 0.25) is 0 Å². The van der Waals surface area contributed by atoms with Gasteiger partial charge in [-0.05, 0) is 38.1 Å². The van der Waals surface area contributed by atoms with E-state index in [4.69, 9.17) is 9.47 Å². The number of ether oxygens (including phenoxy) is 2. The van der Waals surface area contributed by atoms with Crippen LogP contribution in [0.3, 0.4) is 0 Å². The lowest BCUT2D eigenvalue weighted by molar-refractivity contribution is -0.954. The van der Waals surface area contributed by atoms with Crippen molar-refractivity contribution in [2.75, 3.05) is 40.0 Å². The maximum atomic E-state index is 12.4. The highest BCUT2D eigenvalue weighted by Crippen LogP contribution is 2.25. The highest BCUT2D eigenvalue weighted by atomic mass is 32.1. The van der Waals surface area contributed by atoms with Gasteiger partial charge in [-0.3, -0.25) is 4.79 Å². The summed E-state index contributed by atoms with van der Waals surface area (Å²) in [6, 6.07) is 7.79. The molecule has 1 aromatic heterocycles. The van der Waals surface area contributed by atoms with Crippen molar-refractivity contribution in [3.63, 3.8) is 0 Å². The minimum atomic E-state index is -0.00420. The molecule has 27 heavy (non-hydrogen) atoms. The van der Waals surface area contributed by atoms with E-state index in [1.807, 2.05) is 29.6 Å². The van der Waals surface area contributed by atoms with E-state index < -0.39 is 0 Å². The van der Waals surface area contributed by atoms with Crippen molar-refractivity contribution >= 4 is 17.2 Å². The maximum absolute atomic E-state index is 12.4. The van der Waals surface area contributed by atoms with Gasteiger partial charge in [-0.25, -0.2) is 4.98 Å². The molecule has 3 rings (SSSR count). The molecule has 146 valence electrons. The van der Waals surface area contributed by atoms with Crippen LogP contribution in [0.5, 0.6) is 5.75 Å². The van der Waals surface area contributed by atoms with Crippen molar-refractivity contribution in [1.29, 1.82) is 0 Å². The fraction of sp³-hybridized carbons (Fsp3) is 0.500. The molecule has 1 aliphatic rings. The molecule has 6 nitrogen and oxygen atoms in total. The molecule has 2 N–H and O–H groups in total. The van der Waals surface area contributed by atoms with Crippen LogP contribution in [0.15, 0.2) is 29.6 Å². The van der Waals surface area contributed by atoms with Gasteiger partial charge < -0.3 is 19.7 Å². The first-order valence-corrected chi connectivity index (χ1v) is 10.1. The Balaban J connectivity index is 1.52. The fourth-order valence-electron chi connectivity index (χ4n) is 3.22. The molecule has 2 heterocycles. The number of aromatic nitrogens is 1. The first kappa shape index (κ1) is 19.8. The van der Waals surface area contributed by atoms with Crippen LogP contribution >= 0.6 is 11.3 Å². The Kier molecular flexibility index (Phi) is 6.46. The molecular weight excluding hydrogens is 362 g/mol. The van der Waals surface area contributed by atoms with E-state index in [1.165, 1.54) is 4.90 Å². The number of methoxy groups -OCH3 is 1. The lowest BCUT2D eigenvalue weighted by Gasteiger charge is -2.37. The number of morpholine rings is 1. The number of amides is 1. The third kappa shape index (κ3) is 5.28. The zero-order valence-electron chi connectivity index (χ0n) is 16.2. The van der Waals surface area contributed by atoms with Crippen LogP contribution in [-0.2, 0) is 16.0 Å². The van der Waals surface area contributed by atoms with Gasteiger partial charge in [0.05, 0.1) is 39.0 Å². The number of thiazole rings is 1. The normalized spacial score (nSPS) is 15.5. The van der Waals surface area contributed by atoms with Crippen molar-refractivity contribution in [2.45, 2.75) is 25.8 Å². The van der Waals surface area contributed by atoms with Crippen molar-refractivity contribution in [1.82, 2.24) is 10.3 Å². The minimum Gasteiger partial charge on any atom is -0.497 e. The molecule has 1 fully saturated rings. The lowest BCUT2D eigenvalue weighted by Crippen LogP contribution is -3.22. The SMILES string of the molecule is COc1ccc(-c2nc(CC(=O)NCC(C)(C)[NH+]3CCOCC3)cs2)cc1. The van der Waals surface area contributed by atoms with Gasteiger partial charge in [0.1, 0.15) is 29.4 Å². The Morgan fingerprint density at radius 2 is 2.00 bits per heavy atom. The van der Waals surface area contributed by atoms with Crippen LogP contribution in [0, 0.1) is 0 Å². The second kappa shape index (κ2) is 8.82. The van der Waals surface area contributed by atoms with Crippen molar-refractivity contribution in [3.05, 3.63) is 35.3 Å². The molecule has 0 atom stereocenters. The number of nitrogens with one attached hydrogen (secondary N) is 2. The Morgan fingerprint density at radius 3 is 2.67 bits per heavy atom. The Hall–Kier alpha value is -1.96. The average molecular weight is 391 g/mol. The van der Waals surface area contributed by atoms with E-state index in [1.54, 1.807) is 18.4 Å². The highest BCUT2D eigenvalue weighted by molar-refractivity contribution is 7.13. The first-order valence-electron chi connectivity index (χ1n) is 9.26. The predicted octanol–water partition coefficient (Wildman–Crippen LogP) is 1.17. The monoisotopic (exact) mass is 390 g/mol. The third-order valence-corrected chi connectivity index (χ3v) is 5.95. The largest absolute Gasteiger partial charge is 0.497 e. The third-order valence-electron chi connectivity index (χ3n) is 5.01. The lowest BCUT2D eigenvalue weighted by atomic mass is 10.0. The minimum absolute atomic E-state index is 0.00420.